The molecule has 0 unspecified atom stereocenters. The van der Waals surface area contributed by atoms with Crippen molar-refractivity contribution in [3.8, 4) is 0 Å². The molecule has 258 valence electrons. The zero-order valence-electron chi connectivity index (χ0n) is 27.3. The summed E-state index contributed by atoms with van der Waals surface area (Å²) in [6.07, 6.45) is 7.43. The van der Waals surface area contributed by atoms with E-state index in [1.165, 1.54) is 26.5 Å². The molecule has 4 aromatic heterocycles. The lowest BCUT2D eigenvalue weighted by atomic mass is 10.0. The number of carbonyl (C=O) groups excluding carboxylic acids is 2. The summed E-state index contributed by atoms with van der Waals surface area (Å²) in [5, 5.41) is 7.04. The van der Waals surface area contributed by atoms with E-state index in [0.29, 0.717) is 51.8 Å². The lowest BCUT2D eigenvalue weighted by molar-refractivity contribution is 0.0591. The summed E-state index contributed by atoms with van der Waals surface area (Å²) < 4.78 is 33.4. The van der Waals surface area contributed by atoms with E-state index in [9.17, 15) is 18.0 Å². The molecule has 12 nitrogen and oxygen atoms in total. The number of esters is 2. The van der Waals surface area contributed by atoms with Crippen LogP contribution in [0.5, 0.6) is 0 Å². The molecule has 0 atom stereocenters. The number of nitrogens with zero attached hydrogens (tertiary/aromatic N) is 4. The molecular formula is C37H38N6O6S. The highest BCUT2D eigenvalue weighted by molar-refractivity contribution is 7.89. The van der Waals surface area contributed by atoms with Crippen LogP contribution >= 0.6 is 0 Å². The van der Waals surface area contributed by atoms with Crippen LogP contribution < -0.4 is 10.9 Å². The van der Waals surface area contributed by atoms with Gasteiger partial charge in [0, 0.05) is 59.8 Å². The normalized spacial score (nSPS) is 10.9. The number of benzene rings is 2. The third kappa shape index (κ3) is 8.81. The fourth-order valence-corrected chi connectivity index (χ4v) is 6.07. The van der Waals surface area contributed by atoms with Crippen molar-refractivity contribution in [3.63, 3.8) is 0 Å². The maximum Gasteiger partial charge on any atom is 0.337 e. The number of pyridine rings is 4. The Hall–Kier alpha value is -5.79. The number of ether oxygens (including phenoxy) is 2. The number of sulfonamides is 1. The molecule has 0 saturated carbocycles. The minimum Gasteiger partial charge on any atom is -0.465 e. The Kier molecular flexibility index (Phi) is 11.6. The minimum atomic E-state index is -3.94. The van der Waals surface area contributed by atoms with E-state index in [1.807, 2.05) is 32.0 Å². The molecule has 50 heavy (non-hydrogen) atoms. The average Bonchev–Trinajstić information content (AvgIpc) is 3.07. The molecule has 13 heteroatoms. The van der Waals surface area contributed by atoms with Gasteiger partial charge in [-0.05, 0) is 96.8 Å². The molecule has 0 aliphatic heterocycles. The van der Waals surface area contributed by atoms with Crippen molar-refractivity contribution < 1.29 is 27.5 Å². The van der Waals surface area contributed by atoms with E-state index in [0.717, 1.165) is 33.3 Å². The Morgan fingerprint density at radius 2 is 1.14 bits per heavy atom. The zero-order valence-corrected chi connectivity index (χ0v) is 28.1. The Morgan fingerprint density at radius 3 is 1.62 bits per heavy atom. The summed E-state index contributed by atoms with van der Waals surface area (Å²) >= 11 is 0. The van der Waals surface area contributed by atoms with Gasteiger partial charge in [0.25, 0.3) is 0 Å². The maximum atomic E-state index is 12.0. The highest BCUT2D eigenvalue weighted by atomic mass is 32.2. The molecule has 0 radical (unpaired) electrons. The smallest absolute Gasteiger partial charge is 0.337 e. The van der Waals surface area contributed by atoms with Gasteiger partial charge in [0.05, 0.1) is 42.1 Å². The predicted octanol–water partition coefficient (Wildman–Crippen LogP) is 5.50. The van der Waals surface area contributed by atoms with E-state index in [-0.39, 0.29) is 18.3 Å². The fraction of sp³-hybridized carbons (Fsp3) is 0.189. The van der Waals surface area contributed by atoms with Crippen molar-refractivity contribution in [3.05, 3.63) is 130 Å². The van der Waals surface area contributed by atoms with E-state index >= 15 is 0 Å². The summed E-state index contributed by atoms with van der Waals surface area (Å²) in [4.78, 5) is 40.4. The first-order valence-electron chi connectivity index (χ1n) is 15.0. The van der Waals surface area contributed by atoms with E-state index in [4.69, 9.17) is 20.3 Å². The summed E-state index contributed by atoms with van der Waals surface area (Å²) in [6.45, 7) is 3.87. The number of anilines is 1. The number of carbonyl (C=O) groups is 2. The first kappa shape index (κ1) is 37.0. The number of primary sulfonamides is 1. The molecule has 2 aromatic carbocycles. The van der Waals surface area contributed by atoms with Crippen molar-refractivity contribution >= 4 is 49.5 Å². The van der Waals surface area contributed by atoms with Crippen molar-refractivity contribution in [1.82, 2.24) is 19.9 Å². The van der Waals surface area contributed by atoms with Crippen LogP contribution in [0.1, 0.15) is 61.8 Å². The average molecular weight is 695 g/mol. The van der Waals surface area contributed by atoms with Crippen molar-refractivity contribution in [2.75, 3.05) is 20.0 Å². The van der Waals surface area contributed by atoms with Crippen molar-refractivity contribution in [2.45, 2.75) is 39.0 Å². The molecule has 0 aliphatic rings. The maximum absolute atomic E-state index is 12.0. The number of nitrogens with two attached hydrogens (primary N) is 2. The first-order chi connectivity index (χ1) is 23.3. The van der Waals surface area contributed by atoms with E-state index in [1.54, 1.807) is 42.9 Å². The molecule has 0 spiro atoms. The van der Waals surface area contributed by atoms with Crippen LogP contribution in [0, 0.1) is 13.8 Å². The molecular weight excluding hydrogens is 657 g/mol. The van der Waals surface area contributed by atoms with Crippen LogP contribution in [0.4, 0.5) is 5.69 Å². The van der Waals surface area contributed by atoms with Gasteiger partial charge >= 0.3 is 11.9 Å². The van der Waals surface area contributed by atoms with Gasteiger partial charge in [-0.15, -0.1) is 0 Å². The van der Waals surface area contributed by atoms with Crippen LogP contribution in [0.2, 0.25) is 0 Å². The number of hydrogen-bond donors (Lipinski definition) is 2. The van der Waals surface area contributed by atoms with Crippen LogP contribution in [0.15, 0.2) is 90.3 Å². The topological polar surface area (TPSA) is 190 Å². The SMILES string of the molecule is C.COC(=O)c1ccnc(Cc2cc(N)c3ncc(C)cc3c2)c1.COC(=O)c1ccnc(Cc2cc(S(N)(=O)=O)c3ncc(C)cc3c2)c1. The fourth-order valence-electron chi connectivity index (χ4n) is 5.32. The number of methoxy groups -OCH3 is 2. The van der Waals surface area contributed by atoms with E-state index in [2.05, 4.69) is 32.1 Å². The van der Waals surface area contributed by atoms with Gasteiger partial charge in [-0.2, -0.15) is 0 Å². The van der Waals surface area contributed by atoms with Crippen LogP contribution in [-0.2, 0) is 32.3 Å². The second-order valence-corrected chi connectivity index (χ2v) is 12.9. The van der Waals surface area contributed by atoms with Gasteiger partial charge in [-0.3, -0.25) is 19.9 Å². The molecule has 0 aliphatic carbocycles. The van der Waals surface area contributed by atoms with Gasteiger partial charge in [0.2, 0.25) is 10.0 Å². The molecule has 6 aromatic rings. The Labute approximate surface area is 290 Å². The van der Waals surface area contributed by atoms with Gasteiger partial charge in [-0.25, -0.2) is 23.1 Å². The number of fused-ring (bicyclic) bond motifs is 2. The molecule has 4 heterocycles. The molecule has 4 N–H and O–H groups in total. The Balaban J connectivity index is 0.000000222. The molecule has 6 rings (SSSR count). The highest BCUT2D eigenvalue weighted by Crippen LogP contribution is 2.26. The van der Waals surface area contributed by atoms with Crippen LogP contribution in [0.25, 0.3) is 21.8 Å². The third-order valence-corrected chi connectivity index (χ3v) is 8.43. The molecule has 0 fully saturated rings. The van der Waals surface area contributed by atoms with Crippen LogP contribution in [-0.4, -0.2) is 54.5 Å². The second-order valence-electron chi connectivity index (χ2n) is 11.4. The number of aryl methyl sites for hydroxylation is 2. The standard InChI is InChI=1S/C18H17N3O4S.C18H17N3O2.CH4/c1-11-5-14-6-12(8-16(26(19,23)24)17(14)21-10-11)7-15-9-13(3-4-20-15)18(22)25-2;1-11-5-14-6-12(8-16(19)17(14)21-10-11)7-15-9-13(3-4-20-15)18(22)23-2;/h3-6,8-10H,7H2,1-2H3,(H2,19,23,24);3-6,8-10H,7,19H2,1-2H3;1H4. The zero-order chi connectivity index (χ0) is 35.3. The summed E-state index contributed by atoms with van der Waals surface area (Å²) in [6, 6.07) is 17.7. The third-order valence-electron chi connectivity index (χ3n) is 7.51. The summed E-state index contributed by atoms with van der Waals surface area (Å²) in [5.74, 6) is -0.830. The molecule has 0 saturated heterocycles. The number of rotatable bonds is 7. The Bertz CT molecular complexity index is 2330. The summed E-state index contributed by atoms with van der Waals surface area (Å²) in [5.41, 5.74) is 13.8. The molecule has 0 amide bonds. The Morgan fingerprint density at radius 1 is 0.680 bits per heavy atom. The highest BCUT2D eigenvalue weighted by Gasteiger charge is 2.17. The van der Waals surface area contributed by atoms with Crippen molar-refractivity contribution in [1.29, 1.82) is 0 Å². The van der Waals surface area contributed by atoms with Gasteiger partial charge in [0.15, 0.2) is 0 Å². The lowest BCUT2D eigenvalue weighted by Gasteiger charge is -2.09. The number of nitrogen functional groups attached to an aromatic ring is 1. The van der Waals surface area contributed by atoms with Crippen LogP contribution in [0.3, 0.4) is 0 Å². The quantitative estimate of drug-likeness (QED) is 0.159. The number of hydrogen-bond acceptors (Lipinski definition) is 11. The molecule has 0 bridgehead atoms. The monoisotopic (exact) mass is 694 g/mol. The predicted molar refractivity (Wildman–Crippen MR) is 192 cm³/mol. The first-order valence-corrected chi connectivity index (χ1v) is 16.5. The second kappa shape index (κ2) is 15.6. The van der Waals surface area contributed by atoms with Gasteiger partial charge < -0.3 is 15.2 Å². The number of aromatic nitrogens is 4. The summed E-state index contributed by atoms with van der Waals surface area (Å²) in [7, 11) is -1.27. The van der Waals surface area contributed by atoms with Gasteiger partial charge in [0.1, 0.15) is 4.90 Å². The minimum absolute atomic E-state index is 0. The largest absolute Gasteiger partial charge is 0.465 e. The van der Waals surface area contributed by atoms with Crippen molar-refractivity contribution in [2.24, 2.45) is 5.14 Å². The van der Waals surface area contributed by atoms with Gasteiger partial charge in [-0.1, -0.05) is 7.43 Å². The lowest BCUT2D eigenvalue weighted by Crippen LogP contribution is -2.14. The van der Waals surface area contributed by atoms with E-state index < -0.39 is 16.0 Å².